The van der Waals surface area contributed by atoms with Crippen molar-refractivity contribution in [2.75, 3.05) is 13.7 Å². The number of halogens is 2. The van der Waals surface area contributed by atoms with Crippen LogP contribution in [0.15, 0.2) is 29.6 Å². The topological polar surface area (TPSA) is 21.3 Å². The maximum atomic E-state index is 6.26. The third kappa shape index (κ3) is 3.67. The van der Waals surface area contributed by atoms with Crippen molar-refractivity contribution >= 4 is 34.5 Å². The Bertz CT molecular complexity index is 551. The van der Waals surface area contributed by atoms with Crippen molar-refractivity contribution in [3.63, 3.8) is 0 Å². The van der Waals surface area contributed by atoms with Gasteiger partial charge in [-0.25, -0.2) is 0 Å². The van der Waals surface area contributed by atoms with E-state index in [0.29, 0.717) is 10.0 Å². The first-order valence-electron chi connectivity index (χ1n) is 6.44. The highest BCUT2D eigenvalue weighted by Crippen LogP contribution is 2.33. The van der Waals surface area contributed by atoms with Crippen LogP contribution in [0.4, 0.5) is 0 Å². The Balaban J connectivity index is 2.25. The molecular weight excluding hydrogens is 313 g/mol. The molecule has 2 rings (SSSR count). The molecule has 20 heavy (non-hydrogen) atoms. The number of benzene rings is 1. The minimum atomic E-state index is 0.186. The van der Waals surface area contributed by atoms with E-state index in [9.17, 15) is 0 Å². The normalized spacial score (nSPS) is 12.4. The molecule has 2 nitrogen and oxygen atoms in total. The number of hydrogen-bond donors (Lipinski definition) is 1. The van der Waals surface area contributed by atoms with Crippen molar-refractivity contribution in [2.24, 2.45) is 0 Å². The summed E-state index contributed by atoms with van der Waals surface area (Å²) in [4.78, 5) is 1.22. The maximum absolute atomic E-state index is 6.26. The third-order valence-electron chi connectivity index (χ3n) is 3.10. The Labute approximate surface area is 133 Å². The zero-order valence-electron chi connectivity index (χ0n) is 11.5. The lowest BCUT2D eigenvalue weighted by atomic mass is 10.0. The summed E-state index contributed by atoms with van der Waals surface area (Å²) in [6, 6.07) is 7.86. The van der Waals surface area contributed by atoms with E-state index in [4.69, 9.17) is 27.9 Å². The molecule has 0 aliphatic rings. The molecule has 1 aromatic heterocycles. The summed E-state index contributed by atoms with van der Waals surface area (Å²) < 4.78 is 5.25. The molecule has 108 valence electrons. The van der Waals surface area contributed by atoms with E-state index in [-0.39, 0.29) is 6.04 Å². The molecule has 0 spiro atoms. The summed E-state index contributed by atoms with van der Waals surface area (Å²) in [5, 5.41) is 6.91. The van der Waals surface area contributed by atoms with Crippen LogP contribution in [0.5, 0.6) is 5.75 Å². The minimum Gasteiger partial charge on any atom is -0.496 e. The van der Waals surface area contributed by atoms with Crippen molar-refractivity contribution in [2.45, 2.75) is 19.4 Å². The van der Waals surface area contributed by atoms with Crippen LogP contribution in [-0.2, 0) is 6.42 Å². The molecule has 5 heteroatoms. The minimum absolute atomic E-state index is 0.186. The first kappa shape index (κ1) is 15.6. The molecular formula is C15H17Cl2NOS. The largest absolute Gasteiger partial charge is 0.496 e. The predicted octanol–water partition coefficient (Wildman–Crippen LogP) is 4.96. The number of methoxy groups -OCH3 is 1. The highest BCUT2D eigenvalue weighted by Gasteiger charge is 2.17. The monoisotopic (exact) mass is 329 g/mol. The van der Waals surface area contributed by atoms with Gasteiger partial charge in [0.25, 0.3) is 0 Å². The zero-order valence-corrected chi connectivity index (χ0v) is 13.8. The molecule has 0 saturated heterocycles. The van der Waals surface area contributed by atoms with Crippen LogP contribution in [0, 0.1) is 0 Å². The maximum Gasteiger partial charge on any atom is 0.129 e. The lowest BCUT2D eigenvalue weighted by molar-refractivity contribution is 0.415. The van der Waals surface area contributed by atoms with E-state index in [2.05, 4.69) is 18.3 Å². The second-order valence-corrected chi connectivity index (χ2v) is 6.16. The Morgan fingerprint density at radius 2 is 2.00 bits per heavy atom. The van der Waals surface area contributed by atoms with Gasteiger partial charge in [-0.05, 0) is 36.7 Å². The molecule has 0 fully saturated rings. The molecule has 0 aliphatic carbocycles. The SMILES string of the molecule is CCNC(Cc1c(Cl)cccc1Cl)c1cc(OC)cs1. The molecule has 1 aromatic carbocycles. The van der Waals surface area contributed by atoms with Crippen LogP contribution in [0.3, 0.4) is 0 Å². The van der Waals surface area contributed by atoms with Crippen LogP contribution in [0.2, 0.25) is 10.0 Å². The molecule has 0 aliphatic heterocycles. The summed E-state index contributed by atoms with van der Waals surface area (Å²) in [6.45, 7) is 2.97. The summed E-state index contributed by atoms with van der Waals surface area (Å²) in [7, 11) is 1.68. The van der Waals surface area contributed by atoms with E-state index < -0.39 is 0 Å². The molecule has 0 saturated carbocycles. The van der Waals surface area contributed by atoms with Crippen molar-refractivity contribution in [1.29, 1.82) is 0 Å². The fourth-order valence-electron chi connectivity index (χ4n) is 2.08. The fourth-order valence-corrected chi connectivity index (χ4v) is 3.56. The van der Waals surface area contributed by atoms with Gasteiger partial charge in [-0.15, -0.1) is 11.3 Å². The van der Waals surface area contributed by atoms with E-state index in [1.807, 2.05) is 23.6 Å². The van der Waals surface area contributed by atoms with Gasteiger partial charge in [0.2, 0.25) is 0 Å². The van der Waals surface area contributed by atoms with Gasteiger partial charge in [-0.1, -0.05) is 36.2 Å². The second kappa shape index (κ2) is 7.32. The Morgan fingerprint density at radius 3 is 2.55 bits per heavy atom. The Morgan fingerprint density at radius 1 is 1.30 bits per heavy atom. The van der Waals surface area contributed by atoms with E-state index in [1.165, 1.54) is 4.88 Å². The molecule has 0 amide bonds. The van der Waals surface area contributed by atoms with Crippen LogP contribution in [0.1, 0.15) is 23.4 Å². The molecule has 0 bridgehead atoms. The van der Waals surface area contributed by atoms with Crippen LogP contribution >= 0.6 is 34.5 Å². The Kier molecular flexibility index (Phi) is 5.73. The van der Waals surface area contributed by atoms with Crippen molar-refractivity contribution in [3.8, 4) is 5.75 Å². The molecule has 0 radical (unpaired) electrons. The highest BCUT2D eigenvalue weighted by molar-refractivity contribution is 7.10. The lowest BCUT2D eigenvalue weighted by Gasteiger charge is -2.18. The standard InChI is InChI=1S/C15H17Cl2NOS/c1-3-18-14(15-7-10(19-2)9-20-15)8-11-12(16)5-4-6-13(11)17/h4-7,9,14,18H,3,8H2,1-2H3. The van der Waals surface area contributed by atoms with Gasteiger partial charge in [0, 0.05) is 26.3 Å². The molecule has 1 N–H and O–H groups in total. The molecule has 1 heterocycles. The molecule has 1 unspecified atom stereocenters. The van der Waals surface area contributed by atoms with Crippen molar-refractivity contribution < 1.29 is 4.74 Å². The van der Waals surface area contributed by atoms with Crippen LogP contribution in [0.25, 0.3) is 0 Å². The zero-order chi connectivity index (χ0) is 14.5. The summed E-state index contributed by atoms with van der Waals surface area (Å²) in [5.74, 6) is 0.887. The Hall–Kier alpha value is -0.740. The van der Waals surface area contributed by atoms with Crippen LogP contribution in [-0.4, -0.2) is 13.7 Å². The summed E-state index contributed by atoms with van der Waals surface area (Å²) >= 11 is 14.2. The van der Waals surface area contributed by atoms with E-state index >= 15 is 0 Å². The van der Waals surface area contributed by atoms with E-state index in [0.717, 1.165) is 24.3 Å². The van der Waals surface area contributed by atoms with Gasteiger partial charge in [-0.2, -0.15) is 0 Å². The van der Waals surface area contributed by atoms with Gasteiger partial charge >= 0.3 is 0 Å². The van der Waals surface area contributed by atoms with Gasteiger partial charge in [0.05, 0.1) is 7.11 Å². The highest BCUT2D eigenvalue weighted by atomic mass is 35.5. The number of thiophene rings is 1. The average Bonchev–Trinajstić information content (AvgIpc) is 2.90. The quantitative estimate of drug-likeness (QED) is 0.808. The fraction of sp³-hybridized carbons (Fsp3) is 0.333. The number of likely N-dealkylation sites (N-methyl/N-ethyl adjacent to an activating group) is 1. The average molecular weight is 330 g/mol. The smallest absolute Gasteiger partial charge is 0.129 e. The molecule has 2 aromatic rings. The van der Waals surface area contributed by atoms with Gasteiger partial charge in [-0.3, -0.25) is 0 Å². The number of ether oxygens (including phenoxy) is 1. The van der Waals surface area contributed by atoms with Gasteiger partial charge in [0.15, 0.2) is 0 Å². The van der Waals surface area contributed by atoms with E-state index in [1.54, 1.807) is 18.4 Å². The van der Waals surface area contributed by atoms with Gasteiger partial charge in [0.1, 0.15) is 5.75 Å². The van der Waals surface area contributed by atoms with Gasteiger partial charge < -0.3 is 10.1 Å². The number of nitrogens with one attached hydrogen (secondary N) is 1. The summed E-state index contributed by atoms with van der Waals surface area (Å²) in [5.41, 5.74) is 0.981. The number of hydrogen-bond acceptors (Lipinski definition) is 3. The third-order valence-corrected chi connectivity index (χ3v) is 4.83. The first-order valence-corrected chi connectivity index (χ1v) is 8.08. The first-order chi connectivity index (χ1) is 9.65. The van der Waals surface area contributed by atoms with Crippen molar-refractivity contribution in [3.05, 3.63) is 50.1 Å². The van der Waals surface area contributed by atoms with Crippen LogP contribution < -0.4 is 10.1 Å². The predicted molar refractivity (Wildman–Crippen MR) is 87.5 cm³/mol. The second-order valence-electron chi connectivity index (χ2n) is 4.40. The van der Waals surface area contributed by atoms with Crippen molar-refractivity contribution in [1.82, 2.24) is 5.32 Å². The lowest BCUT2D eigenvalue weighted by Crippen LogP contribution is -2.22. The summed E-state index contributed by atoms with van der Waals surface area (Å²) in [6.07, 6.45) is 0.760. The molecule has 1 atom stereocenters. The number of rotatable bonds is 6.